The minimum absolute atomic E-state index is 0.0241. The topological polar surface area (TPSA) is 70.9 Å². The molecule has 0 spiro atoms. The molecule has 3 rings (SSSR count). The second-order valence-corrected chi connectivity index (χ2v) is 9.40. The van der Waals surface area contributed by atoms with Crippen LogP contribution in [0.25, 0.3) is 0 Å². The van der Waals surface area contributed by atoms with Crippen LogP contribution in [-0.4, -0.2) is 51.4 Å². The van der Waals surface area contributed by atoms with Crippen LogP contribution in [0.15, 0.2) is 48.5 Å². The molecular formula is C21H28N3O3S+. The van der Waals surface area contributed by atoms with E-state index in [1.165, 1.54) is 0 Å². The van der Waals surface area contributed by atoms with Gasteiger partial charge in [0.15, 0.2) is 6.54 Å². The zero-order chi connectivity index (χ0) is 20.1. The van der Waals surface area contributed by atoms with E-state index in [2.05, 4.69) is 5.32 Å². The van der Waals surface area contributed by atoms with E-state index in [9.17, 15) is 13.2 Å². The van der Waals surface area contributed by atoms with Crippen molar-refractivity contribution in [3.05, 3.63) is 65.2 Å². The number of piperazine rings is 1. The lowest BCUT2D eigenvalue weighted by Crippen LogP contribution is -3.15. The molecule has 1 fully saturated rings. The first-order valence-corrected chi connectivity index (χ1v) is 11.2. The highest BCUT2D eigenvalue weighted by molar-refractivity contribution is 7.88. The van der Waals surface area contributed by atoms with Crippen molar-refractivity contribution in [3.63, 3.8) is 0 Å². The first kappa shape index (κ1) is 20.5. The number of nitrogens with one attached hydrogen (secondary N) is 2. The number of aryl methyl sites for hydroxylation is 2. The Hall–Kier alpha value is -2.22. The maximum atomic E-state index is 12.6. The van der Waals surface area contributed by atoms with Crippen molar-refractivity contribution in [1.82, 2.24) is 4.31 Å². The Balaban J connectivity index is 1.51. The molecule has 0 radical (unpaired) electrons. The van der Waals surface area contributed by atoms with Crippen LogP contribution < -0.4 is 10.2 Å². The molecule has 2 aromatic rings. The fourth-order valence-corrected chi connectivity index (χ4v) is 4.96. The van der Waals surface area contributed by atoms with E-state index in [1.54, 1.807) is 4.31 Å². The van der Waals surface area contributed by atoms with Gasteiger partial charge in [-0.1, -0.05) is 42.5 Å². The summed E-state index contributed by atoms with van der Waals surface area (Å²) < 4.78 is 26.8. The lowest BCUT2D eigenvalue weighted by Gasteiger charge is -2.31. The summed E-state index contributed by atoms with van der Waals surface area (Å²) in [5.74, 6) is -0.0136. The lowest BCUT2D eigenvalue weighted by molar-refractivity contribution is -0.895. The second-order valence-electron chi connectivity index (χ2n) is 7.43. The number of sulfonamides is 1. The van der Waals surface area contributed by atoms with Gasteiger partial charge in [0, 0.05) is 5.69 Å². The zero-order valence-electron chi connectivity index (χ0n) is 16.4. The molecule has 150 valence electrons. The molecule has 0 aromatic heterocycles. The highest BCUT2D eigenvalue weighted by Crippen LogP contribution is 2.16. The van der Waals surface area contributed by atoms with Gasteiger partial charge in [0.2, 0.25) is 10.0 Å². The van der Waals surface area contributed by atoms with Crippen molar-refractivity contribution < 1.29 is 18.1 Å². The normalized spacial score (nSPS) is 16.1. The maximum absolute atomic E-state index is 12.6. The van der Waals surface area contributed by atoms with Crippen molar-refractivity contribution >= 4 is 21.6 Å². The number of rotatable bonds is 6. The molecule has 0 saturated carbocycles. The molecule has 6 nitrogen and oxygen atoms in total. The molecule has 1 heterocycles. The molecular weight excluding hydrogens is 374 g/mol. The average molecular weight is 403 g/mol. The quantitative estimate of drug-likeness (QED) is 0.757. The van der Waals surface area contributed by atoms with E-state index in [0.29, 0.717) is 32.7 Å². The number of nitrogens with zero attached hydrogens (tertiary/aromatic N) is 1. The van der Waals surface area contributed by atoms with Crippen LogP contribution in [0, 0.1) is 13.8 Å². The molecule has 1 saturated heterocycles. The van der Waals surface area contributed by atoms with Crippen LogP contribution in [0.4, 0.5) is 5.69 Å². The summed E-state index contributed by atoms with van der Waals surface area (Å²) in [5, 5.41) is 2.98. The van der Waals surface area contributed by atoms with Crippen molar-refractivity contribution in [3.8, 4) is 0 Å². The Morgan fingerprint density at radius 1 is 1.07 bits per heavy atom. The summed E-state index contributed by atoms with van der Waals surface area (Å²) in [7, 11) is -3.33. The van der Waals surface area contributed by atoms with Crippen LogP contribution >= 0.6 is 0 Å². The lowest BCUT2D eigenvalue weighted by atomic mass is 10.1. The minimum Gasteiger partial charge on any atom is -0.325 e. The molecule has 0 aliphatic carbocycles. The predicted molar refractivity (Wildman–Crippen MR) is 111 cm³/mol. The Morgan fingerprint density at radius 3 is 2.43 bits per heavy atom. The fraction of sp³-hybridized carbons (Fsp3) is 0.381. The van der Waals surface area contributed by atoms with Gasteiger partial charge in [-0.25, -0.2) is 8.42 Å². The molecule has 1 amide bonds. The molecule has 2 N–H and O–H groups in total. The smallest absolute Gasteiger partial charge is 0.279 e. The van der Waals surface area contributed by atoms with Crippen LogP contribution in [0.5, 0.6) is 0 Å². The SMILES string of the molecule is Cc1ccc(C)c(NC(=O)C[NH+]2CCN(S(=O)(=O)Cc3ccccc3)CC2)c1. The van der Waals surface area contributed by atoms with Gasteiger partial charge in [-0.3, -0.25) is 4.79 Å². The third-order valence-corrected chi connectivity index (χ3v) is 6.94. The molecule has 0 atom stereocenters. The Labute approximate surface area is 167 Å². The molecule has 2 aromatic carbocycles. The van der Waals surface area contributed by atoms with Gasteiger partial charge in [0.1, 0.15) is 0 Å². The third kappa shape index (κ3) is 5.41. The van der Waals surface area contributed by atoms with Gasteiger partial charge < -0.3 is 10.2 Å². The number of anilines is 1. The third-order valence-electron chi connectivity index (χ3n) is 5.09. The van der Waals surface area contributed by atoms with Gasteiger partial charge >= 0.3 is 0 Å². The van der Waals surface area contributed by atoms with Crippen molar-refractivity contribution in [1.29, 1.82) is 0 Å². The summed E-state index contributed by atoms with van der Waals surface area (Å²) in [4.78, 5) is 13.5. The minimum atomic E-state index is -3.33. The van der Waals surface area contributed by atoms with Gasteiger partial charge in [0.25, 0.3) is 5.91 Å². The predicted octanol–water partition coefficient (Wildman–Crippen LogP) is 0.972. The maximum Gasteiger partial charge on any atom is 0.279 e. The van der Waals surface area contributed by atoms with Crippen LogP contribution in [-0.2, 0) is 20.6 Å². The largest absolute Gasteiger partial charge is 0.325 e. The van der Waals surface area contributed by atoms with Gasteiger partial charge in [-0.15, -0.1) is 0 Å². The van der Waals surface area contributed by atoms with E-state index >= 15 is 0 Å². The summed E-state index contributed by atoms with van der Waals surface area (Å²) in [6.07, 6.45) is 0. The Bertz CT molecular complexity index is 921. The van der Waals surface area contributed by atoms with Gasteiger partial charge in [0.05, 0.1) is 31.9 Å². The highest BCUT2D eigenvalue weighted by atomic mass is 32.2. The number of carbonyl (C=O) groups excluding carboxylic acids is 1. The molecule has 1 aliphatic heterocycles. The average Bonchev–Trinajstić information content (AvgIpc) is 2.65. The van der Waals surface area contributed by atoms with E-state index < -0.39 is 10.0 Å². The standard InChI is InChI=1S/C21H27N3O3S/c1-17-8-9-18(2)20(14-17)22-21(25)15-23-10-12-24(13-11-23)28(26,27)16-19-6-4-3-5-7-19/h3-9,14H,10-13,15-16H2,1-2H3,(H,22,25)/p+1. The number of carbonyl (C=O) groups is 1. The van der Waals surface area contributed by atoms with Crippen LogP contribution in [0.1, 0.15) is 16.7 Å². The second kappa shape index (κ2) is 8.86. The number of hydrogen-bond acceptors (Lipinski definition) is 3. The molecule has 0 unspecified atom stereocenters. The number of hydrogen-bond donors (Lipinski definition) is 2. The van der Waals surface area contributed by atoms with Crippen molar-refractivity contribution in [2.45, 2.75) is 19.6 Å². The summed E-state index contributed by atoms with van der Waals surface area (Å²) in [5.41, 5.74) is 3.77. The van der Waals surface area contributed by atoms with E-state index in [0.717, 1.165) is 27.3 Å². The Kier molecular flexibility index (Phi) is 6.49. The first-order chi connectivity index (χ1) is 13.3. The van der Waals surface area contributed by atoms with Crippen molar-refractivity contribution in [2.24, 2.45) is 0 Å². The zero-order valence-corrected chi connectivity index (χ0v) is 17.3. The summed E-state index contributed by atoms with van der Waals surface area (Å²) >= 11 is 0. The molecule has 28 heavy (non-hydrogen) atoms. The van der Waals surface area contributed by atoms with Gasteiger partial charge in [-0.2, -0.15) is 4.31 Å². The monoisotopic (exact) mass is 402 g/mol. The van der Waals surface area contributed by atoms with E-state index in [-0.39, 0.29) is 11.7 Å². The summed E-state index contributed by atoms with van der Waals surface area (Å²) in [6, 6.07) is 15.2. The van der Waals surface area contributed by atoms with Gasteiger partial charge in [-0.05, 0) is 36.6 Å². The molecule has 0 bridgehead atoms. The fourth-order valence-electron chi connectivity index (χ4n) is 3.43. The van der Waals surface area contributed by atoms with E-state index in [4.69, 9.17) is 0 Å². The number of benzene rings is 2. The van der Waals surface area contributed by atoms with Crippen LogP contribution in [0.2, 0.25) is 0 Å². The van der Waals surface area contributed by atoms with Crippen LogP contribution in [0.3, 0.4) is 0 Å². The van der Waals surface area contributed by atoms with E-state index in [1.807, 2.05) is 62.4 Å². The van der Waals surface area contributed by atoms with Crippen molar-refractivity contribution in [2.75, 3.05) is 38.0 Å². The number of quaternary nitrogens is 1. The summed E-state index contributed by atoms with van der Waals surface area (Å²) in [6.45, 7) is 6.47. The highest BCUT2D eigenvalue weighted by Gasteiger charge is 2.30. The molecule has 1 aliphatic rings. The Morgan fingerprint density at radius 2 is 1.75 bits per heavy atom. The first-order valence-electron chi connectivity index (χ1n) is 9.56. The molecule has 7 heteroatoms. The number of amides is 1.